The molecule has 0 unspecified atom stereocenters. The fourth-order valence-electron chi connectivity index (χ4n) is 1.57. The lowest BCUT2D eigenvalue weighted by molar-refractivity contribution is 1.40. The first-order valence-corrected chi connectivity index (χ1v) is 6.58. The van der Waals surface area contributed by atoms with Crippen LogP contribution in [0.5, 0.6) is 0 Å². The van der Waals surface area contributed by atoms with Gasteiger partial charge in [-0.3, -0.25) is 0 Å². The molecule has 0 saturated heterocycles. The van der Waals surface area contributed by atoms with Crippen molar-refractivity contribution in [2.75, 3.05) is 0 Å². The van der Waals surface area contributed by atoms with Gasteiger partial charge in [-0.25, -0.2) is 0 Å². The second-order valence-electron chi connectivity index (χ2n) is 3.61. The number of halogens is 4. The highest BCUT2D eigenvalue weighted by molar-refractivity contribution is 6.42. The zero-order valence-corrected chi connectivity index (χ0v) is 11.7. The molecule has 0 fully saturated rings. The molecule has 0 heterocycles. The minimum Gasteiger partial charge on any atom is -0.122 e. The number of hydrogen-bond acceptors (Lipinski definition) is 0. The van der Waals surface area contributed by atoms with Crippen LogP contribution in [0.1, 0.15) is 5.56 Å². The first-order chi connectivity index (χ1) is 8.10. The highest BCUT2D eigenvalue weighted by Crippen LogP contribution is 2.30. The minimum absolute atomic E-state index is 0.425. The van der Waals surface area contributed by atoms with Crippen LogP contribution in [0.2, 0.25) is 15.1 Å². The molecule has 0 aliphatic heterocycles. The third-order valence-electron chi connectivity index (χ3n) is 2.36. The van der Waals surface area contributed by atoms with Gasteiger partial charge in [0.2, 0.25) is 0 Å². The van der Waals surface area contributed by atoms with Gasteiger partial charge >= 0.3 is 0 Å². The van der Waals surface area contributed by atoms with Crippen molar-refractivity contribution >= 4 is 46.4 Å². The Morgan fingerprint density at radius 1 is 0.765 bits per heavy atom. The SMILES string of the molecule is ClCc1cc(Cl)cc(-c2ccc(Cl)c(Cl)c2)c1. The summed E-state index contributed by atoms with van der Waals surface area (Å²) < 4.78 is 0. The zero-order valence-electron chi connectivity index (χ0n) is 8.68. The van der Waals surface area contributed by atoms with Crippen molar-refractivity contribution in [1.29, 1.82) is 0 Å². The van der Waals surface area contributed by atoms with E-state index in [2.05, 4.69) is 0 Å². The molecule has 0 bridgehead atoms. The Balaban J connectivity index is 2.52. The van der Waals surface area contributed by atoms with Crippen LogP contribution in [-0.2, 0) is 5.88 Å². The highest BCUT2D eigenvalue weighted by Gasteiger charge is 2.04. The van der Waals surface area contributed by atoms with Crippen molar-refractivity contribution in [3.8, 4) is 11.1 Å². The van der Waals surface area contributed by atoms with Crippen LogP contribution < -0.4 is 0 Å². The van der Waals surface area contributed by atoms with Crippen LogP contribution in [0.3, 0.4) is 0 Å². The first-order valence-electron chi connectivity index (χ1n) is 4.91. The average molecular weight is 306 g/mol. The molecule has 88 valence electrons. The lowest BCUT2D eigenvalue weighted by Gasteiger charge is -2.06. The Morgan fingerprint density at radius 3 is 2.18 bits per heavy atom. The Hall–Kier alpha value is -0.400. The van der Waals surface area contributed by atoms with E-state index in [0.29, 0.717) is 20.9 Å². The van der Waals surface area contributed by atoms with E-state index in [9.17, 15) is 0 Å². The number of hydrogen-bond donors (Lipinski definition) is 0. The quantitative estimate of drug-likeness (QED) is 0.592. The summed E-state index contributed by atoms with van der Waals surface area (Å²) in [6.45, 7) is 0. The largest absolute Gasteiger partial charge is 0.122 e. The summed E-state index contributed by atoms with van der Waals surface area (Å²) in [5, 5.41) is 1.72. The molecule has 4 heteroatoms. The fourth-order valence-corrected chi connectivity index (χ4v) is 2.28. The molecule has 0 amide bonds. The number of alkyl halides is 1. The lowest BCUT2D eigenvalue weighted by Crippen LogP contribution is -1.83. The van der Waals surface area contributed by atoms with Gasteiger partial charge in [-0.1, -0.05) is 40.9 Å². The maximum Gasteiger partial charge on any atom is 0.0598 e. The molecular formula is C13H8Cl4. The van der Waals surface area contributed by atoms with Gasteiger partial charge in [0.15, 0.2) is 0 Å². The summed E-state index contributed by atoms with van der Waals surface area (Å²) in [6.07, 6.45) is 0. The summed E-state index contributed by atoms with van der Waals surface area (Å²) in [4.78, 5) is 0. The highest BCUT2D eigenvalue weighted by atomic mass is 35.5. The van der Waals surface area contributed by atoms with Gasteiger partial charge in [-0.15, -0.1) is 11.6 Å². The number of rotatable bonds is 2. The molecule has 0 N–H and O–H groups in total. The van der Waals surface area contributed by atoms with Gasteiger partial charge in [0.05, 0.1) is 10.0 Å². The maximum absolute atomic E-state index is 6.03. The van der Waals surface area contributed by atoms with E-state index in [0.717, 1.165) is 16.7 Å². The van der Waals surface area contributed by atoms with E-state index >= 15 is 0 Å². The molecule has 0 aromatic heterocycles. The van der Waals surface area contributed by atoms with Crippen LogP contribution >= 0.6 is 46.4 Å². The standard InChI is InChI=1S/C13H8Cl4/c14-7-8-3-10(5-11(15)4-8)9-1-2-12(16)13(17)6-9/h1-6H,7H2. The minimum atomic E-state index is 0.425. The molecular weight excluding hydrogens is 298 g/mol. The Bertz CT molecular complexity index is 549. The predicted octanol–water partition coefficient (Wildman–Crippen LogP) is 6.05. The molecule has 0 spiro atoms. The molecule has 2 aromatic rings. The fraction of sp³-hybridized carbons (Fsp3) is 0.0769. The van der Waals surface area contributed by atoms with Gasteiger partial charge in [0.25, 0.3) is 0 Å². The predicted molar refractivity (Wildman–Crippen MR) is 76.5 cm³/mol. The zero-order chi connectivity index (χ0) is 12.4. The van der Waals surface area contributed by atoms with E-state index in [4.69, 9.17) is 46.4 Å². The van der Waals surface area contributed by atoms with E-state index in [1.54, 1.807) is 6.07 Å². The average Bonchev–Trinajstić information content (AvgIpc) is 2.32. The molecule has 0 atom stereocenters. The summed E-state index contributed by atoms with van der Waals surface area (Å²) in [6, 6.07) is 11.2. The molecule has 2 rings (SSSR count). The van der Waals surface area contributed by atoms with Crippen LogP contribution in [0.15, 0.2) is 36.4 Å². The third-order valence-corrected chi connectivity index (χ3v) is 3.63. The van der Waals surface area contributed by atoms with E-state index in [1.165, 1.54) is 0 Å². The Morgan fingerprint density at radius 2 is 1.53 bits per heavy atom. The van der Waals surface area contributed by atoms with Crippen molar-refractivity contribution < 1.29 is 0 Å². The smallest absolute Gasteiger partial charge is 0.0598 e. The Labute approximate surface area is 120 Å². The van der Waals surface area contributed by atoms with Gasteiger partial charge in [0, 0.05) is 10.9 Å². The van der Waals surface area contributed by atoms with Gasteiger partial charge in [-0.2, -0.15) is 0 Å². The number of benzene rings is 2. The van der Waals surface area contributed by atoms with E-state index in [-0.39, 0.29) is 0 Å². The maximum atomic E-state index is 6.03. The van der Waals surface area contributed by atoms with Crippen molar-refractivity contribution in [2.45, 2.75) is 5.88 Å². The van der Waals surface area contributed by atoms with Crippen molar-refractivity contribution in [2.24, 2.45) is 0 Å². The summed E-state index contributed by atoms with van der Waals surface area (Å²) in [5.41, 5.74) is 2.92. The van der Waals surface area contributed by atoms with Crippen molar-refractivity contribution in [1.82, 2.24) is 0 Å². The first kappa shape index (κ1) is 13.0. The Kier molecular flexibility index (Phi) is 4.22. The van der Waals surface area contributed by atoms with Crippen LogP contribution in [-0.4, -0.2) is 0 Å². The van der Waals surface area contributed by atoms with E-state index < -0.39 is 0 Å². The molecule has 0 radical (unpaired) electrons. The molecule has 0 aliphatic rings. The molecule has 0 aliphatic carbocycles. The molecule has 0 nitrogen and oxygen atoms in total. The summed E-state index contributed by atoms with van der Waals surface area (Å²) in [5.74, 6) is 0.425. The van der Waals surface area contributed by atoms with Crippen molar-refractivity contribution in [3.05, 3.63) is 57.0 Å². The monoisotopic (exact) mass is 304 g/mol. The van der Waals surface area contributed by atoms with E-state index in [1.807, 2.05) is 30.3 Å². The summed E-state index contributed by atoms with van der Waals surface area (Å²) >= 11 is 23.7. The normalized spacial score (nSPS) is 10.6. The van der Waals surface area contributed by atoms with Crippen LogP contribution in [0.4, 0.5) is 0 Å². The van der Waals surface area contributed by atoms with Crippen LogP contribution in [0.25, 0.3) is 11.1 Å². The molecule has 17 heavy (non-hydrogen) atoms. The van der Waals surface area contributed by atoms with Gasteiger partial charge in [-0.05, 0) is 47.0 Å². The topological polar surface area (TPSA) is 0 Å². The third kappa shape index (κ3) is 3.08. The second-order valence-corrected chi connectivity index (χ2v) is 5.13. The van der Waals surface area contributed by atoms with Gasteiger partial charge < -0.3 is 0 Å². The summed E-state index contributed by atoms with van der Waals surface area (Å²) in [7, 11) is 0. The van der Waals surface area contributed by atoms with Gasteiger partial charge in [0.1, 0.15) is 0 Å². The lowest BCUT2D eigenvalue weighted by atomic mass is 10.0. The van der Waals surface area contributed by atoms with Crippen LogP contribution in [0, 0.1) is 0 Å². The molecule has 2 aromatic carbocycles. The van der Waals surface area contributed by atoms with Crippen molar-refractivity contribution in [3.63, 3.8) is 0 Å². The molecule has 0 saturated carbocycles. The second kappa shape index (κ2) is 5.49.